The third kappa shape index (κ3) is 3.87. The number of nitrogens with zero attached hydrogens (tertiary/aromatic N) is 4. The van der Waals surface area contributed by atoms with Crippen molar-refractivity contribution in [2.45, 2.75) is 37.8 Å². The molecule has 5 heterocycles. The summed E-state index contributed by atoms with van der Waals surface area (Å²) in [6.45, 7) is 0.699. The van der Waals surface area contributed by atoms with Gasteiger partial charge in [0, 0.05) is 49.0 Å². The van der Waals surface area contributed by atoms with Gasteiger partial charge in [0.05, 0.1) is 23.1 Å². The predicted molar refractivity (Wildman–Crippen MR) is 154 cm³/mol. The number of ether oxygens (including phenoxy) is 2. The minimum absolute atomic E-state index is 0.0533. The Bertz CT molecular complexity index is 1930. The molecular weight excluding hydrogens is 556 g/mol. The molecule has 1 saturated heterocycles. The molecule has 0 spiro atoms. The highest BCUT2D eigenvalue weighted by atomic mass is 19.1. The maximum Gasteiger partial charge on any atom is 0.231 e. The fraction of sp³-hybridized carbons (Fsp3) is 0.250. The Balaban J connectivity index is 1.29. The third-order valence-electron chi connectivity index (χ3n) is 8.58. The minimum atomic E-state index is -1.08. The lowest BCUT2D eigenvalue weighted by atomic mass is 9.87. The summed E-state index contributed by atoms with van der Waals surface area (Å²) in [5, 5.41) is 3.19. The van der Waals surface area contributed by atoms with E-state index >= 15 is 0 Å². The van der Waals surface area contributed by atoms with Gasteiger partial charge in [-0.2, -0.15) is 0 Å². The molecule has 0 radical (unpaired) electrons. The molecule has 4 aliphatic rings. The topological polar surface area (TPSA) is 98.6 Å². The minimum Gasteiger partial charge on any atom is -0.484 e. The van der Waals surface area contributed by atoms with Gasteiger partial charge in [0.15, 0.2) is 18.3 Å². The first kappa shape index (κ1) is 25.6. The Labute approximate surface area is 244 Å². The number of allylic oxidation sites excluding steroid dienone is 2. The number of hydrogen-bond donors (Lipinski definition) is 1. The lowest BCUT2D eigenvalue weighted by molar-refractivity contribution is -0.123. The average Bonchev–Trinajstić information content (AvgIpc) is 3.59. The number of likely N-dealkylation sites (N-methyl/N-ethyl adjacent to an activating group) is 1. The molecule has 4 aromatic rings. The summed E-state index contributed by atoms with van der Waals surface area (Å²) in [5.41, 5.74) is 4.29. The number of hydrogen-bond acceptors (Lipinski definition) is 6. The molecule has 0 saturated carbocycles. The molecule has 3 atom stereocenters. The molecule has 216 valence electrons. The zero-order valence-corrected chi connectivity index (χ0v) is 23.0. The van der Waals surface area contributed by atoms with Crippen LogP contribution < -0.4 is 19.7 Å². The second-order valence-corrected chi connectivity index (χ2v) is 11.0. The number of nitrogens with one attached hydrogen (secondary N) is 1. The van der Waals surface area contributed by atoms with Crippen molar-refractivity contribution in [3.05, 3.63) is 77.8 Å². The lowest BCUT2D eigenvalue weighted by Crippen LogP contribution is -2.43. The summed E-state index contributed by atoms with van der Waals surface area (Å²) in [7, 11) is 1.56. The SMILES string of the molecule is CNC(=O)C1c2cc(-c3ncc4c(n3)-c3cc5c(F)cccc5n3CO4)c(N3CCC3=O)cc2OC1C1=CCC(F)C=C1. The van der Waals surface area contributed by atoms with E-state index in [1.165, 1.54) is 12.1 Å². The molecule has 1 fully saturated rings. The van der Waals surface area contributed by atoms with Crippen molar-refractivity contribution in [2.24, 2.45) is 0 Å². The van der Waals surface area contributed by atoms with E-state index in [9.17, 15) is 18.4 Å². The zero-order chi connectivity index (χ0) is 29.4. The van der Waals surface area contributed by atoms with Crippen molar-refractivity contribution >= 4 is 28.4 Å². The standard InChI is InChI=1S/C32H25F2N5O4/c1-35-32(41)28-20-11-19(23(38-10-9-27(38)40)13-25(20)43-30(28)16-5-7-17(33)8-6-16)31-36-14-26-29(37-31)24-12-18-21(34)3-2-4-22(18)39(24)15-42-26/h2-7,11-14,17,28,30H,8-10,15H2,1H3,(H,35,41). The molecule has 1 N–H and O–H groups in total. The molecule has 8 rings (SSSR count). The predicted octanol–water partition coefficient (Wildman–Crippen LogP) is 4.81. The zero-order valence-electron chi connectivity index (χ0n) is 23.0. The number of amides is 2. The van der Waals surface area contributed by atoms with Gasteiger partial charge in [-0.05, 0) is 35.9 Å². The average molecular weight is 582 g/mol. The number of anilines is 1. The van der Waals surface area contributed by atoms with E-state index in [-0.39, 0.29) is 30.8 Å². The molecule has 2 aromatic heterocycles. The number of halogens is 2. The summed E-state index contributed by atoms with van der Waals surface area (Å²) >= 11 is 0. The van der Waals surface area contributed by atoms with Crippen LogP contribution in [0.1, 0.15) is 24.3 Å². The van der Waals surface area contributed by atoms with Gasteiger partial charge in [-0.25, -0.2) is 18.7 Å². The second-order valence-electron chi connectivity index (χ2n) is 11.0. The Kier molecular flexibility index (Phi) is 5.65. The Morgan fingerprint density at radius 2 is 2.07 bits per heavy atom. The van der Waals surface area contributed by atoms with E-state index in [1.807, 2.05) is 16.7 Å². The maximum atomic E-state index is 14.7. The number of fused-ring (bicyclic) bond motifs is 6. The highest BCUT2D eigenvalue weighted by Crippen LogP contribution is 2.48. The Morgan fingerprint density at radius 3 is 2.81 bits per heavy atom. The van der Waals surface area contributed by atoms with E-state index in [0.717, 1.165) is 0 Å². The Hall–Kier alpha value is -5.06. The van der Waals surface area contributed by atoms with Gasteiger partial charge in [0.1, 0.15) is 35.5 Å². The van der Waals surface area contributed by atoms with Crippen LogP contribution in [0.25, 0.3) is 33.7 Å². The maximum absolute atomic E-state index is 14.7. The molecule has 0 bridgehead atoms. The van der Waals surface area contributed by atoms with Gasteiger partial charge < -0.3 is 24.3 Å². The van der Waals surface area contributed by atoms with Crippen LogP contribution in [0.2, 0.25) is 0 Å². The number of benzene rings is 2. The molecule has 43 heavy (non-hydrogen) atoms. The number of aromatic nitrogens is 3. The highest BCUT2D eigenvalue weighted by molar-refractivity contribution is 6.03. The van der Waals surface area contributed by atoms with E-state index in [0.29, 0.717) is 75.0 Å². The molecule has 1 aliphatic carbocycles. The van der Waals surface area contributed by atoms with Crippen LogP contribution in [0.15, 0.2) is 66.4 Å². The van der Waals surface area contributed by atoms with Crippen LogP contribution in [0, 0.1) is 5.82 Å². The van der Waals surface area contributed by atoms with Crippen molar-refractivity contribution in [2.75, 3.05) is 18.5 Å². The summed E-state index contributed by atoms with van der Waals surface area (Å²) in [5.74, 6) is -0.143. The monoisotopic (exact) mass is 581 g/mol. The van der Waals surface area contributed by atoms with Crippen molar-refractivity contribution in [1.29, 1.82) is 0 Å². The van der Waals surface area contributed by atoms with Crippen LogP contribution in [0.5, 0.6) is 11.5 Å². The fourth-order valence-corrected chi connectivity index (χ4v) is 6.29. The highest BCUT2D eigenvalue weighted by Gasteiger charge is 2.43. The van der Waals surface area contributed by atoms with Crippen LogP contribution in [-0.4, -0.2) is 52.2 Å². The summed E-state index contributed by atoms with van der Waals surface area (Å²) in [6.07, 6.45) is 5.32. The van der Waals surface area contributed by atoms with Crippen molar-refractivity contribution in [1.82, 2.24) is 19.9 Å². The van der Waals surface area contributed by atoms with E-state index in [2.05, 4.69) is 10.3 Å². The molecule has 3 aliphatic heterocycles. The van der Waals surface area contributed by atoms with E-state index in [4.69, 9.17) is 14.5 Å². The van der Waals surface area contributed by atoms with Crippen molar-refractivity contribution < 1.29 is 27.8 Å². The second kappa shape index (κ2) is 9.48. The van der Waals surface area contributed by atoms with Crippen LogP contribution in [0.3, 0.4) is 0 Å². The van der Waals surface area contributed by atoms with Gasteiger partial charge in [0.25, 0.3) is 0 Å². The normalized spacial score (nSPS) is 21.7. The molecule has 3 unspecified atom stereocenters. The van der Waals surface area contributed by atoms with Crippen LogP contribution in [0.4, 0.5) is 14.5 Å². The molecule has 2 amide bonds. The molecular formula is C32H25F2N5O4. The Morgan fingerprint density at radius 1 is 1.19 bits per heavy atom. The fourth-order valence-electron chi connectivity index (χ4n) is 6.29. The van der Waals surface area contributed by atoms with Crippen LogP contribution >= 0.6 is 0 Å². The summed E-state index contributed by atoms with van der Waals surface area (Å²) in [4.78, 5) is 37.1. The summed E-state index contributed by atoms with van der Waals surface area (Å²) < 4.78 is 42.7. The quantitative estimate of drug-likeness (QED) is 0.348. The molecule has 2 aromatic carbocycles. The lowest BCUT2D eigenvalue weighted by Gasteiger charge is -2.32. The number of β-lactam (4-membered cyclic amide) rings is 1. The first-order valence-corrected chi connectivity index (χ1v) is 14.1. The number of alkyl halides is 1. The molecule has 9 nitrogen and oxygen atoms in total. The van der Waals surface area contributed by atoms with Crippen molar-refractivity contribution in [3.8, 4) is 34.3 Å². The first-order valence-electron chi connectivity index (χ1n) is 14.1. The van der Waals surface area contributed by atoms with Gasteiger partial charge >= 0.3 is 0 Å². The van der Waals surface area contributed by atoms with E-state index < -0.39 is 18.2 Å². The largest absolute Gasteiger partial charge is 0.484 e. The van der Waals surface area contributed by atoms with E-state index in [1.54, 1.807) is 48.5 Å². The van der Waals surface area contributed by atoms with Crippen LogP contribution in [-0.2, 0) is 16.3 Å². The number of carbonyl (C=O) groups is 2. The van der Waals surface area contributed by atoms with Gasteiger partial charge in [-0.1, -0.05) is 18.2 Å². The summed E-state index contributed by atoms with van der Waals surface area (Å²) in [6, 6.07) is 10.2. The van der Waals surface area contributed by atoms with Crippen molar-refractivity contribution in [3.63, 3.8) is 0 Å². The third-order valence-corrected chi connectivity index (χ3v) is 8.58. The van der Waals surface area contributed by atoms with Gasteiger partial charge in [-0.15, -0.1) is 0 Å². The van der Waals surface area contributed by atoms with Gasteiger partial charge in [-0.3, -0.25) is 9.59 Å². The molecule has 11 heteroatoms. The van der Waals surface area contributed by atoms with Gasteiger partial charge in [0.2, 0.25) is 11.8 Å². The smallest absolute Gasteiger partial charge is 0.231 e. The number of rotatable bonds is 4. The first-order chi connectivity index (χ1) is 20.9. The number of carbonyl (C=O) groups excluding carboxylic acids is 2.